The molecule has 0 aromatic heterocycles. The van der Waals surface area contributed by atoms with E-state index in [-0.39, 0.29) is 11.9 Å². The van der Waals surface area contributed by atoms with Crippen molar-refractivity contribution in [3.8, 4) is 0 Å². The lowest BCUT2D eigenvalue weighted by atomic mass is 10.0. The molecular formula is C13H25N3O. The molecule has 2 fully saturated rings. The number of amides is 1. The molecule has 2 atom stereocenters. The van der Waals surface area contributed by atoms with Crippen LogP contribution < -0.4 is 5.73 Å². The zero-order valence-corrected chi connectivity index (χ0v) is 10.9. The largest absolute Gasteiger partial charge is 0.340 e. The van der Waals surface area contributed by atoms with E-state index in [2.05, 4.69) is 11.8 Å². The third-order valence-electron chi connectivity index (χ3n) is 4.07. The second-order valence-electron chi connectivity index (χ2n) is 5.48. The molecule has 4 heteroatoms. The number of nitrogens with zero attached hydrogens (tertiary/aromatic N) is 2. The summed E-state index contributed by atoms with van der Waals surface area (Å²) in [5.74, 6) is 0.153. The Morgan fingerprint density at radius 1 is 1.24 bits per heavy atom. The third kappa shape index (κ3) is 3.19. The van der Waals surface area contributed by atoms with Gasteiger partial charge in [-0.3, -0.25) is 9.69 Å². The minimum absolute atomic E-state index is 0.153. The van der Waals surface area contributed by atoms with Crippen LogP contribution in [0.4, 0.5) is 0 Å². The van der Waals surface area contributed by atoms with E-state index >= 15 is 0 Å². The molecule has 2 heterocycles. The molecule has 2 unspecified atom stereocenters. The number of piperidine rings is 2. The van der Waals surface area contributed by atoms with Gasteiger partial charge in [0.2, 0.25) is 5.91 Å². The summed E-state index contributed by atoms with van der Waals surface area (Å²) in [5.41, 5.74) is 5.82. The van der Waals surface area contributed by atoms with Gasteiger partial charge in [-0.15, -0.1) is 0 Å². The first-order valence-corrected chi connectivity index (χ1v) is 6.97. The predicted octanol–water partition coefficient (Wildman–Crippen LogP) is 0.811. The van der Waals surface area contributed by atoms with Crippen LogP contribution in [0.2, 0.25) is 0 Å². The van der Waals surface area contributed by atoms with Crippen LogP contribution in [0, 0.1) is 0 Å². The van der Waals surface area contributed by atoms with Gasteiger partial charge in [0.1, 0.15) is 0 Å². The smallest absolute Gasteiger partial charge is 0.239 e. The molecule has 0 saturated carbocycles. The molecule has 17 heavy (non-hydrogen) atoms. The quantitative estimate of drug-likeness (QED) is 0.793. The molecule has 0 aromatic carbocycles. The van der Waals surface area contributed by atoms with Crippen LogP contribution >= 0.6 is 0 Å². The van der Waals surface area contributed by atoms with Gasteiger partial charge in [0.05, 0.1) is 6.04 Å². The van der Waals surface area contributed by atoms with Crippen LogP contribution in [-0.2, 0) is 4.79 Å². The standard InChI is InChI=1S/C13H25N3O/c1-11(15-7-3-2-4-8-15)10-16-9-5-6-12(14)13(16)17/h11-12H,2-10,14H2,1H3. The number of likely N-dealkylation sites (tertiary alicyclic amines) is 2. The van der Waals surface area contributed by atoms with E-state index in [9.17, 15) is 4.79 Å². The Balaban J connectivity index is 1.84. The number of nitrogens with two attached hydrogens (primary N) is 1. The van der Waals surface area contributed by atoms with Crippen LogP contribution in [-0.4, -0.2) is 54.0 Å². The van der Waals surface area contributed by atoms with Crippen molar-refractivity contribution in [2.45, 2.75) is 51.1 Å². The number of carbonyl (C=O) groups excluding carboxylic acids is 1. The Labute approximate surface area is 104 Å². The topological polar surface area (TPSA) is 49.6 Å². The molecular weight excluding hydrogens is 214 g/mol. The first kappa shape index (κ1) is 12.8. The molecule has 2 aliphatic heterocycles. The first-order valence-electron chi connectivity index (χ1n) is 6.97. The highest BCUT2D eigenvalue weighted by molar-refractivity contribution is 5.82. The fourth-order valence-electron chi connectivity index (χ4n) is 2.95. The minimum Gasteiger partial charge on any atom is -0.340 e. The number of hydrogen-bond donors (Lipinski definition) is 1. The summed E-state index contributed by atoms with van der Waals surface area (Å²) in [7, 11) is 0. The van der Waals surface area contributed by atoms with Crippen LogP contribution in [0.1, 0.15) is 39.0 Å². The maximum absolute atomic E-state index is 11.9. The summed E-state index contributed by atoms with van der Waals surface area (Å²) in [5, 5.41) is 0. The van der Waals surface area contributed by atoms with Crippen molar-refractivity contribution in [3.63, 3.8) is 0 Å². The summed E-state index contributed by atoms with van der Waals surface area (Å²) < 4.78 is 0. The monoisotopic (exact) mass is 239 g/mol. The minimum atomic E-state index is -0.252. The number of rotatable bonds is 3. The Hall–Kier alpha value is -0.610. The zero-order chi connectivity index (χ0) is 12.3. The summed E-state index contributed by atoms with van der Waals surface area (Å²) in [6, 6.07) is 0.224. The van der Waals surface area contributed by atoms with E-state index in [0.717, 1.165) is 25.9 Å². The molecule has 4 nitrogen and oxygen atoms in total. The maximum atomic E-state index is 11.9. The highest BCUT2D eigenvalue weighted by atomic mass is 16.2. The van der Waals surface area contributed by atoms with Gasteiger partial charge in [-0.2, -0.15) is 0 Å². The second kappa shape index (κ2) is 5.83. The van der Waals surface area contributed by atoms with Gasteiger partial charge in [-0.25, -0.2) is 0 Å². The SMILES string of the molecule is CC(CN1CCCC(N)C1=O)N1CCCCC1. The van der Waals surface area contributed by atoms with Gasteiger partial charge in [0.25, 0.3) is 0 Å². The molecule has 2 aliphatic rings. The number of hydrogen-bond acceptors (Lipinski definition) is 3. The Kier molecular flexibility index (Phi) is 4.40. The Morgan fingerprint density at radius 2 is 1.94 bits per heavy atom. The second-order valence-corrected chi connectivity index (χ2v) is 5.48. The highest BCUT2D eigenvalue weighted by Gasteiger charge is 2.28. The first-order chi connectivity index (χ1) is 8.18. The van der Waals surface area contributed by atoms with E-state index in [0.29, 0.717) is 6.04 Å². The summed E-state index contributed by atoms with van der Waals surface area (Å²) >= 11 is 0. The number of carbonyl (C=O) groups is 1. The van der Waals surface area contributed by atoms with Gasteiger partial charge in [0, 0.05) is 19.1 Å². The fourth-order valence-corrected chi connectivity index (χ4v) is 2.95. The molecule has 0 radical (unpaired) electrons. The Bertz CT molecular complexity index is 263. The van der Waals surface area contributed by atoms with E-state index in [4.69, 9.17) is 5.73 Å². The van der Waals surface area contributed by atoms with Crippen molar-refractivity contribution in [2.75, 3.05) is 26.2 Å². The van der Waals surface area contributed by atoms with Crippen molar-refractivity contribution in [1.29, 1.82) is 0 Å². The average molecular weight is 239 g/mol. The molecule has 98 valence electrons. The van der Waals surface area contributed by atoms with Gasteiger partial charge >= 0.3 is 0 Å². The molecule has 1 amide bonds. The predicted molar refractivity (Wildman–Crippen MR) is 68.7 cm³/mol. The van der Waals surface area contributed by atoms with Crippen molar-refractivity contribution in [1.82, 2.24) is 9.80 Å². The van der Waals surface area contributed by atoms with Crippen molar-refractivity contribution < 1.29 is 4.79 Å². The van der Waals surface area contributed by atoms with Crippen LogP contribution in [0.5, 0.6) is 0 Å². The van der Waals surface area contributed by atoms with E-state index in [1.807, 2.05) is 4.90 Å². The summed E-state index contributed by atoms with van der Waals surface area (Å²) in [4.78, 5) is 16.4. The molecule has 0 spiro atoms. The highest BCUT2D eigenvalue weighted by Crippen LogP contribution is 2.15. The van der Waals surface area contributed by atoms with Crippen molar-refractivity contribution in [3.05, 3.63) is 0 Å². The van der Waals surface area contributed by atoms with Crippen molar-refractivity contribution >= 4 is 5.91 Å². The van der Waals surface area contributed by atoms with Crippen LogP contribution in [0.3, 0.4) is 0 Å². The normalized spacial score (nSPS) is 29.4. The van der Waals surface area contributed by atoms with Gasteiger partial charge < -0.3 is 10.6 Å². The van der Waals surface area contributed by atoms with Gasteiger partial charge in [-0.05, 0) is 45.7 Å². The lowest BCUT2D eigenvalue weighted by Gasteiger charge is -2.38. The molecule has 0 aromatic rings. The maximum Gasteiger partial charge on any atom is 0.239 e. The van der Waals surface area contributed by atoms with E-state index in [1.165, 1.54) is 32.4 Å². The summed E-state index contributed by atoms with van der Waals surface area (Å²) in [6.45, 7) is 6.36. The van der Waals surface area contributed by atoms with Gasteiger partial charge in [0.15, 0.2) is 0 Å². The lowest BCUT2D eigenvalue weighted by Crippen LogP contribution is -2.53. The van der Waals surface area contributed by atoms with Crippen LogP contribution in [0.25, 0.3) is 0 Å². The average Bonchev–Trinajstić information content (AvgIpc) is 2.36. The van der Waals surface area contributed by atoms with Crippen LogP contribution in [0.15, 0.2) is 0 Å². The van der Waals surface area contributed by atoms with Gasteiger partial charge in [-0.1, -0.05) is 6.42 Å². The Morgan fingerprint density at radius 3 is 2.65 bits per heavy atom. The molecule has 0 aliphatic carbocycles. The molecule has 2 N–H and O–H groups in total. The third-order valence-corrected chi connectivity index (χ3v) is 4.07. The molecule has 2 rings (SSSR count). The van der Waals surface area contributed by atoms with Crippen molar-refractivity contribution in [2.24, 2.45) is 5.73 Å². The fraction of sp³-hybridized carbons (Fsp3) is 0.923. The lowest BCUT2D eigenvalue weighted by molar-refractivity contribution is -0.135. The molecule has 2 saturated heterocycles. The summed E-state index contributed by atoms with van der Waals surface area (Å²) in [6.07, 6.45) is 5.87. The zero-order valence-electron chi connectivity index (χ0n) is 10.9. The van der Waals surface area contributed by atoms with E-state index in [1.54, 1.807) is 0 Å². The molecule has 0 bridgehead atoms. The van der Waals surface area contributed by atoms with E-state index < -0.39 is 0 Å².